The van der Waals surface area contributed by atoms with E-state index in [0.717, 1.165) is 5.69 Å². The Balaban J connectivity index is 1.39. The van der Waals surface area contributed by atoms with Gasteiger partial charge in [-0.15, -0.1) is 11.3 Å². The molecule has 0 radical (unpaired) electrons. The van der Waals surface area contributed by atoms with Gasteiger partial charge in [-0.05, 0) is 31.2 Å². The van der Waals surface area contributed by atoms with Gasteiger partial charge < -0.3 is 20.3 Å². The molecule has 1 amide bonds. The summed E-state index contributed by atoms with van der Waals surface area (Å²) in [5.41, 5.74) is 3.86. The Kier molecular flexibility index (Phi) is 5.22. The summed E-state index contributed by atoms with van der Waals surface area (Å²) in [5.74, 6) is 0.400. The van der Waals surface area contributed by atoms with Gasteiger partial charge in [0, 0.05) is 19.0 Å². The zero-order chi connectivity index (χ0) is 22.2. The van der Waals surface area contributed by atoms with Gasteiger partial charge in [0.15, 0.2) is 11.7 Å². The molecule has 2 aliphatic rings. The Labute approximate surface area is 187 Å². The predicted octanol–water partition coefficient (Wildman–Crippen LogP) is 3.63. The van der Waals surface area contributed by atoms with E-state index in [0.29, 0.717) is 52.8 Å². The number of aliphatic imine (C=N–C) groups is 1. The molecule has 0 aliphatic carbocycles. The van der Waals surface area contributed by atoms with Crippen LogP contribution in [0.4, 0.5) is 15.8 Å². The summed E-state index contributed by atoms with van der Waals surface area (Å²) in [6.45, 7) is 6.54. The monoisotopic (exact) mass is 452 g/mol. The van der Waals surface area contributed by atoms with E-state index < -0.39 is 0 Å². The molecular formula is C22H21FN6O2S. The van der Waals surface area contributed by atoms with E-state index in [1.807, 2.05) is 13.0 Å². The zero-order valence-electron chi connectivity index (χ0n) is 17.3. The number of rotatable bonds is 4. The Morgan fingerprint density at radius 3 is 3.12 bits per heavy atom. The number of nitrogens with zero attached hydrogens (tertiary/aromatic N) is 4. The number of carbonyl (C=O) groups excluding carboxylic acids is 1. The number of anilines is 2. The number of halogens is 1. The van der Waals surface area contributed by atoms with Gasteiger partial charge in [0.25, 0.3) is 0 Å². The molecule has 0 saturated carbocycles. The van der Waals surface area contributed by atoms with E-state index in [1.165, 1.54) is 17.4 Å². The lowest BCUT2D eigenvalue weighted by atomic mass is 10.2. The third-order valence-electron chi connectivity index (χ3n) is 5.39. The second kappa shape index (κ2) is 8.19. The van der Waals surface area contributed by atoms with Crippen molar-refractivity contribution in [1.29, 1.82) is 0 Å². The second-order valence-corrected chi connectivity index (χ2v) is 8.47. The summed E-state index contributed by atoms with van der Waals surface area (Å²) >= 11 is 1.25. The van der Waals surface area contributed by atoms with Gasteiger partial charge in [-0.25, -0.2) is 19.4 Å². The van der Waals surface area contributed by atoms with Crippen LogP contribution in [0.15, 0.2) is 47.4 Å². The number of amides is 1. The van der Waals surface area contributed by atoms with Crippen molar-refractivity contribution in [2.75, 3.05) is 23.7 Å². The average Bonchev–Trinajstić information content (AvgIpc) is 3.45. The standard InChI is InChI=1S/C22H21FN6O2S/c1-3-18(30)29-9-8-13(10-29)31-17-7-6-15-20(28-17)22(26-12(2)25-15)27-14-4-5-16-21(19(14)23)32-11-24-16/h3-7,11-13,25H,1,8-10H2,2H3,(H,26,27)/t12?,13-/m0/s1. The Bertz CT molecular complexity index is 1240. The van der Waals surface area contributed by atoms with Gasteiger partial charge in [-0.2, -0.15) is 0 Å². The number of ether oxygens (including phenoxy) is 1. The minimum absolute atomic E-state index is 0.105. The smallest absolute Gasteiger partial charge is 0.246 e. The van der Waals surface area contributed by atoms with Crippen LogP contribution < -0.4 is 15.4 Å². The first kappa shape index (κ1) is 20.4. The SMILES string of the molecule is C=CC(=O)N1CC[C@H](Oc2ccc3c(n2)C(Nc2ccc4ncsc4c2F)=NC(C)N3)C1. The number of hydrogen-bond acceptors (Lipinski definition) is 8. The summed E-state index contributed by atoms with van der Waals surface area (Å²) < 4.78 is 21.5. The number of benzene rings is 1. The lowest BCUT2D eigenvalue weighted by molar-refractivity contribution is -0.125. The number of nitrogens with one attached hydrogen (secondary N) is 2. The zero-order valence-corrected chi connectivity index (χ0v) is 18.2. The molecule has 3 aromatic rings. The molecule has 5 rings (SSSR count). The van der Waals surface area contributed by atoms with Crippen molar-refractivity contribution in [2.45, 2.75) is 25.6 Å². The van der Waals surface area contributed by atoms with Gasteiger partial charge >= 0.3 is 0 Å². The Morgan fingerprint density at radius 2 is 2.28 bits per heavy atom. The highest BCUT2D eigenvalue weighted by Crippen LogP contribution is 2.30. The number of amidine groups is 1. The lowest BCUT2D eigenvalue weighted by Gasteiger charge is -2.24. The molecule has 4 heterocycles. The van der Waals surface area contributed by atoms with E-state index in [1.54, 1.807) is 28.6 Å². The normalized spacial score (nSPS) is 19.8. The van der Waals surface area contributed by atoms with E-state index in [4.69, 9.17) is 4.74 Å². The number of fused-ring (bicyclic) bond motifs is 2. The number of hydrogen-bond donors (Lipinski definition) is 2. The summed E-state index contributed by atoms with van der Waals surface area (Å²) in [4.78, 5) is 26.9. The van der Waals surface area contributed by atoms with Crippen LogP contribution in [0, 0.1) is 5.82 Å². The van der Waals surface area contributed by atoms with E-state index >= 15 is 0 Å². The number of carbonyl (C=O) groups is 1. The van der Waals surface area contributed by atoms with Crippen molar-refractivity contribution in [3.63, 3.8) is 0 Å². The molecular weight excluding hydrogens is 431 g/mol. The molecule has 2 atom stereocenters. The number of likely N-dealkylation sites (tertiary alicyclic amines) is 1. The van der Waals surface area contributed by atoms with Crippen molar-refractivity contribution in [3.05, 3.63) is 53.9 Å². The third-order valence-corrected chi connectivity index (χ3v) is 6.23. The first-order valence-electron chi connectivity index (χ1n) is 10.2. The maximum atomic E-state index is 15.0. The minimum atomic E-state index is -0.370. The van der Waals surface area contributed by atoms with Gasteiger partial charge in [0.2, 0.25) is 11.8 Å². The molecule has 0 spiro atoms. The highest BCUT2D eigenvalue weighted by Gasteiger charge is 2.28. The molecule has 2 aromatic heterocycles. The van der Waals surface area contributed by atoms with Crippen LogP contribution in [0.2, 0.25) is 0 Å². The molecule has 1 saturated heterocycles. The van der Waals surface area contributed by atoms with Gasteiger partial charge in [-0.3, -0.25) is 4.79 Å². The van der Waals surface area contributed by atoms with E-state index in [9.17, 15) is 9.18 Å². The first-order valence-corrected chi connectivity index (χ1v) is 11.1. The van der Waals surface area contributed by atoms with Crippen LogP contribution in [-0.2, 0) is 4.79 Å². The maximum Gasteiger partial charge on any atom is 0.246 e. The fraction of sp³-hybridized carbons (Fsp3) is 0.273. The van der Waals surface area contributed by atoms with Gasteiger partial charge in [0.1, 0.15) is 18.0 Å². The lowest BCUT2D eigenvalue weighted by Crippen LogP contribution is -2.30. The maximum absolute atomic E-state index is 15.0. The molecule has 2 aliphatic heterocycles. The van der Waals surface area contributed by atoms with Gasteiger partial charge in [0.05, 0.1) is 33.6 Å². The summed E-state index contributed by atoms with van der Waals surface area (Å²) in [6, 6.07) is 7.07. The van der Waals surface area contributed by atoms with Crippen molar-refractivity contribution >= 4 is 44.7 Å². The van der Waals surface area contributed by atoms with Crippen LogP contribution in [-0.4, -0.2) is 52.0 Å². The molecule has 1 aromatic carbocycles. The Morgan fingerprint density at radius 1 is 1.41 bits per heavy atom. The number of thiazole rings is 1. The van der Waals surface area contributed by atoms with Gasteiger partial charge in [-0.1, -0.05) is 6.58 Å². The van der Waals surface area contributed by atoms with Crippen LogP contribution in [0.5, 0.6) is 5.88 Å². The molecule has 0 bridgehead atoms. The first-order chi connectivity index (χ1) is 15.5. The fourth-order valence-electron chi connectivity index (χ4n) is 3.85. The molecule has 164 valence electrons. The molecule has 2 N–H and O–H groups in total. The Hall–Kier alpha value is -3.53. The van der Waals surface area contributed by atoms with Crippen molar-refractivity contribution in [2.24, 2.45) is 4.99 Å². The fourth-order valence-corrected chi connectivity index (χ4v) is 4.58. The summed E-state index contributed by atoms with van der Waals surface area (Å²) in [7, 11) is 0. The second-order valence-electron chi connectivity index (χ2n) is 7.61. The van der Waals surface area contributed by atoms with Crippen LogP contribution in [0.25, 0.3) is 10.2 Å². The molecule has 10 heteroatoms. The molecule has 32 heavy (non-hydrogen) atoms. The average molecular weight is 453 g/mol. The number of aromatic nitrogens is 2. The summed E-state index contributed by atoms with van der Waals surface area (Å²) in [6.07, 6.45) is 1.66. The van der Waals surface area contributed by atoms with E-state index in [2.05, 4.69) is 32.2 Å². The highest BCUT2D eigenvalue weighted by atomic mass is 32.1. The van der Waals surface area contributed by atoms with Crippen LogP contribution >= 0.6 is 11.3 Å². The van der Waals surface area contributed by atoms with Crippen molar-refractivity contribution in [3.8, 4) is 5.88 Å². The highest BCUT2D eigenvalue weighted by molar-refractivity contribution is 7.16. The van der Waals surface area contributed by atoms with Crippen LogP contribution in [0.3, 0.4) is 0 Å². The topological polar surface area (TPSA) is 91.7 Å². The minimum Gasteiger partial charge on any atom is -0.472 e. The van der Waals surface area contributed by atoms with E-state index in [-0.39, 0.29) is 24.0 Å². The molecule has 1 fully saturated rings. The van der Waals surface area contributed by atoms with Crippen molar-refractivity contribution < 1.29 is 13.9 Å². The predicted molar refractivity (Wildman–Crippen MR) is 123 cm³/mol. The quantitative estimate of drug-likeness (QED) is 0.588. The largest absolute Gasteiger partial charge is 0.472 e. The van der Waals surface area contributed by atoms with Crippen molar-refractivity contribution in [1.82, 2.24) is 14.9 Å². The summed E-state index contributed by atoms with van der Waals surface area (Å²) in [5, 5.41) is 6.35. The molecule has 1 unspecified atom stereocenters. The number of pyridine rings is 1. The third kappa shape index (κ3) is 3.77. The van der Waals surface area contributed by atoms with Crippen LogP contribution in [0.1, 0.15) is 19.0 Å². The molecule has 8 nitrogen and oxygen atoms in total.